The fourth-order valence-electron chi connectivity index (χ4n) is 2.56. The van der Waals surface area contributed by atoms with Crippen LogP contribution in [0.3, 0.4) is 0 Å². The molecule has 0 unspecified atom stereocenters. The Balaban J connectivity index is 2.05. The van der Waals surface area contributed by atoms with E-state index in [1.165, 1.54) is 6.42 Å². The van der Waals surface area contributed by atoms with E-state index in [4.69, 9.17) is 14.7 Å². The predicted molar refractivity (Wildman–Crippen MR) is 63.1 cm³/mol. The van der Waals surface area contributed by atoms with Gasteiger partial charge in [-0.3, -0.25) is 0 Å². The van der Waals surface area contributed by atoms with Crippen LogP contribution in [0.15, 0.2) is 23.4 Å². The maximum absolute atomic E-state index is 9.12. The molecule has 1 aliphatic carbocycles. The van der Waals surface area contributed by atoms with E-state index in [1.54, 1.807) is 7.11 Å². The molecule has 1 fully saturated rings. The van der Waals surface area contributed by atoms with Crippen LogP contribution in [0, 0.1) is 0 Å². The van der Waals surface area contributed by atoms with Gasteiger partial charge in [0.25, 0.3) is 0 Å². The first kappa shape index (κ1) is 10.4. The Morgan fingerprint density at radius 3 is 2.82 bits per heavy atom. The van der Waals surface area contributed by atoms with Gasteiger partial charge >= 0.3 is 0 Å². The van der Waals surface area contributed by atoms with Crippen molar-refractivity contribution in [3.8, 4) is 11.5 Å². The van der Waals surface area contributed by atoms with E-state index >= 15 is 0 Å². The molecule has 1 N–H and O–H groups in total. The summed E-state index contributed by atoms with van der Waals surface area (Å²) < 4.78 is 11.2. The second-order valence-electron chi connectivity index (χ2n) is 4.72. The molecule has 0 saturated heterocycles. The van der Waals surface area contributed by atoms with Gasteiger partial charge in [0.05, 0.1) is 12.8 Å². The van der Waals surface area contributed by atoms with Gasteiger partial charge in [-0.15, -0.1) is 0 Å². The molecule has 3 rings (SSSR count). The molecule has 1 spiro atoms. The van der Waals surface area contributed by atoms with E-state index in [0.717, 1.165) is 29.9 Å². The second-order valence-corrected chi connectivity index (χ2v) is 4.72. The molecular weight excluding hydrogens is 218 g/mol. The Morgan fingerprint density at radius 1 is 1.41 bits per heavy atom. The van der Waals surface area contributed by atoms with Gasteiger partial charge < -0.3 is 14.7 Å². The summed E-state index contributed by atoms with van der Waals surface area (Å²) in [4.78, 5) is 0. The van der Waals surface area contributed by atoms with Gasteiger partial charge in [-0.25, -0.2) is 0 Å². The van der Waals surface area contributed by atoms with Gasteiger partial charge in [0, 0.05) is 18.1 Å². The van der Waals surface area contributed by atoms with Crippen molar-refractivity contribution in [3.05, 3.63) is 23.8 Å². The third-order valence-corrected chi connectivity index (χ3v) is 3.70. The Bertz CT molecular complexity index is 478. The molecule has 0 amide bonds. The Hall–Kier alpha value is -1.71. The lowest BCUT2D eigenvalue weighted by Crippen LogP contribution is -2.47. The Labute approximate surface area is 99.8 Å². The summed E-state index contributed by atoms with van der Waals surface area (Å²) in [6.45, 7) is 0. The van der Waals surface area contributed by atoms with Crippen LogP contribution < -0.4 is 9.47 Å². The molecule has 0 bridgehead atoms. The van der Waals surface area contributed by atoms with E-state index in [-0.39, 0.29) is 5.60 Å². The molecule has 90 valence electrons. The smallest absolute Gasteiger partial charge is 0.133 e. The number of hydrogen-bond donors (Lipinski definition) is 1. The third-order valence-electron chi connectivity index (χ3n) is 3.70. The van der Waals surface area contributed by atoms with E-state index in [1.807, 2.05) is 18.2 Å². The molecule has 0 aromatic heterocycles. The zero-order valence-corrected chi connectivity index (χ0v) is 9.77. The standard InChI is InChI=1S/C13H15NO3/c1-16-9-3-4-10-11(14-15)8-13(5-2-6-13)17-12(10)7-9/h3-4,7,15H,2,5-6,8H2,1H3/b14-11-. The highest BCUT2D eigenvalue weighted by Crippen LogP contribution is 2.45. The van der Waals surface area contributed by atoms with Crippen LogP contribution in [0.4, 0.5) is 0 Å². The van der Waals surface area contributed by atoms with Gasteiger partial charge in [-0.05, 0) is 31.4 Å². The second kappa shape index (κ2) is 3.65. The summed E-state index contributed by atoms with van der Waals surface area (Å²) in [6, 6.07) is 5.60. The number of benzene rings is 1. The van der Waals surface area contributed by atoms with Crippen molar-refractivity contribution in [2.75, 3.05) is 7.11 Å². The van der Waals surface area contributed by atoms with Crippen molar-refractivity contribution in [2.45, 2.75) is 31.3 Å². The van der Waals surface area contributed by atoms with Crippen molar-refractivity contribution in [2.24, 2.45) is 5.16 Å². The summed E-state index contributed by atoms with van der Waals surface area (Å²) in [6.07, 6.45) is 3.94. The highest BCUT2D eigenvalue weighted by Gasteiger charge is 2.44. The van der Waals surface area contributed by atoms with Crippen LogP contribution in [0.1, 0.15) is 31.2 Å². The Kier molecular flexibility index (Phi) is 2.24. The summed E-state index contributed by atoms with van der Waals surface area (Å²) in [5.41, 5.74) is 1.44. The lowest BCUT2D eigenvalue weighted by atomic mass is 9.74. The minimum atomic E-state index is -0.138. The predicted octanol–water partition coefficient (Wildman–Crippen LogP) is 2.58. The number of nitrogens with zero attached hydrogens (tertiary/aromatic N) is 1. The Morgan fingerprint density at radius 2 is 2.24 bits per heavy atom. The molecule has 1 aromatic carbocycles. The molecule has 17 heavy (non-hydrogen) atoms. The molecule has 4 nitrogen and oxygen atoms in total. The SMILES string of the molecule is COc1ccc2c(c1)OC1(CCC1)C/C2=N/O. The molecule has 1 aliphatic heterocycles. The zero-order valence-electron chi connectivity index (χ0n) is 9.77. The lowest BCUT2D eigenvalue weighted by Gasteiger charge is -2.45. The molecule has 1 saturated carbocycles. The van der Waals surface area contributed by atoms with Gasteiger partial charge in [-0.1, -0.05) is 5.16 Å². The zero-order chi connectivity index (χ0) is 11.9. The van der Waals surface area contributed by atoms with Crippen molar-refractivity contribution in [3.63, 3.8) is 0 Å². The number of hydrogen-bond acceptors (Lipinski definition) is 4. The highest BCUT2D eigenvalue weighted by molar-refractivity contribution is 6.04. The number of fused-ring (bicyclic) bond motifs is 1. The van der Waals surface area contributed by atoms with E-state index in [9.17, 15) is 0 Å². The van der Waals surface area contributed by atoms with Gasteiger partial charge in [0.1, 0.15) is 17.1 Å². The number of oxime groups is 1. The average Bonchev–Trinajstić information content (AvgIpc) is 2.34. The van der Waals surface area contributed by atoms with Crippen molar-refractivity contribution in [1.29, 1.82) is 0 Å². The molecule has 0 atom stereocenters. The highest BCUT2D eigenvalue weighted by atomic mass is 16.5. The molecule has 1 heterocycles. The van der Waals surface area contributed by atoms with Gasteiger partial charge in [0.15, 0.2) is 0 Å². The van der Waals surface area contributed by atoms with Crippen molar-refractivity contribution < 1.29 is 14.7 Å². The maximum atomic E-state index is 9.12. The van der Waals surface area contributed by atoms with Crippen LogP contribution in [-0.2, 0) is 0 Å². The normalized spacial score (nSPS) is 22.8. The molecular formula is C13H15NO3. The first-order valence-corrected chi connectivity index (χ1v) is 5.85. The summed E-state index contributed by atoms with van der Waals surface area (Å²) >= 11 is 0. The number of ether oxygens (including phenoxy) is 2. The van der Waals surface area contributed by atoms with Gasteiger partial charge in [-0.2, -0.15) is 0 Å². The minimum absolute atomic E-state index is 0.138. The number of methoxy groups -OCH3 is 1. The first-order valence-electron chi connectivity index (χ1n) is 5.85. The minimum Gasteiger partial charge on any atom is -0.497 e. The summed E-state index contributed by atoms with van der Waals surface area (Å²) in [5.74, 6) is 1.53. The molecule has 1 aromatic rings. The van der Waals surface area contributed by atoms with Crippen LogP contribution in [-0.4, -0.2) is 23.6 Å². The monoisotopic (exact) mass is 233 g/mol. The molecule has 4 heteroatoms. The fourth-order valence-corrected chi connectivity index (χ4v) is 2.56. The topological polar surface area (TPSA) is 51.0 Å². The third kappa shape index (κ3) is 1.55. The summed E-state index contributed by atoms with van der Waals surface area (Å²) in [5, 5.41) is 12.5. The van der Waals surface area contributed by atoms with E-state index < -0.39 is 0 Å². The van der Waals surface area contributed by atoms with E-state index in [0.29, 0.717) is 12.1 Å². The molecule has 0 radical (unpaired) electrons. The lowest BCUT2D eigenvalue weighted by molar-refractivity contribution is -0.00559. The van der Waals surface area contributed by atoms with Crippen LogP contribution in [0.25, 0.3) is 0 Å². The largest absolute Gasteiger partial charge is 0.497 e. The first-order chi connectivity index (χ1) is 8.26. The van der Waals surface area contributed by atoms with Crippen molar-refractivity contribution in [1.82, 2.24) is 0 Å². The average molecular weight is 233 g/mol. The van der Waals surface area contributed by atoms with Crippen LogP contribution in [0.2, 0.25) is 0 Å². The molecule has 2 aliphatic rings. The van der Waals surface area contributed by atoms with Gasteiger partial charge in [0.2, 0.25) is 0 Å². The van der Waals surface area contributed by atoms with Crippen LogP contribution >= 0.6 is 0 Å². The quantitative estimate of drug-likeness (QED) is 0.599. The van der Waals surface area contributed by atoms with Crippen molar-refractivity contribution >= 4 is 5.71 Å². The van der Waals surface area contributed by atoms with Crippen LogP contribution in [0.5, 0.6) is 11.5 Å². The number of rotatable bonds is 1. The maximum Gasteiger partial charge on any atom is 0.133 e. The van der Waals surface area contributed by atoms with E-state index in [2.05, 4.69) is 5.16 Å². The fraction of sp³-hybridized carbons (Fsp3) is 0.462. The summed E-state index contributed by atoms with van der Waals surface area (Å²) in [7, 11) is 1.63.